The van der Waals surface area contributed by atoms with E-state index in [-0.39, 0.29) is 43.5 Å². The molecule has 0 aromatic heterocycles. The number of alkyl halides is 3. The van der Waals surface area contributed by atoms with Gasteiger partial charge in [0.25, 0.3) is 5.91 Å². The molecule has 1 fully saturated rings. The number of amides is 2. The first-order valence-electron chi connectivity index (χ1n) is 7.40. The largest absolute Gasteiger partial charge is 0.482 e. The first-order chi connectivity index (χ1) is 11.7. The van der Waals surface area contributed by atoms with Gasteiger partial charge in [0.2, 0.25) is 0 Å². The van der Waals surface area contributed by atoms with Crippen molar-refractivity contribution in [3.8, 4) is 5.75 Å². The van der Waals surface area contributed by atoms with Crippen LogP contribution < -0.4 is 10.1 Å². The lowest BCUT2D eigenvalue weighted by Crippen LogP contribution is -2.50. The molecular weight excluding hydrogens is 384 g/mol. The molecule has 1 aliphatic rings. The number of rotatable bonds is 4. The highest BCUT2D eigenvalue weighted by atomic mass is 35.5. The number of carbonyl (C=O) groups excluding carboxylic acids is 2. The molecule has 2 rings (SSSR count). The van der Waals surface area contributed by atoms with Crippen molar-refractivity contribution >= 4 is 35.0 Å². The molecule has 10 heteroatoms. The van der Waals surface area contributed by atoms with Crippen LogP contribution in [0.5, 0.6) is 5.75 Å². The van der Waals surface area contributed by atoms with Crippen LogP contribution in [0.4, 0.5) is 13.2 Å². The molecule has 138 valence electrons. The zero-order valence-corrected chi connectivity index (χ0v) is 14.4. The number of carbonyl (C=O) groups is 2. The maximum Gasteiger partial charge on any atom is 0.471 e. The van der Waals surface area contributed by atoms with Gasteiger partial charge in [-0.3, -0.25) is 9.59 Å². The Morgan fingerprint density at radius 1 is 1.24 bits per heavy atom. The van der Waals surface area contributed by atoms with E-state index in [4.69, 9.17) is 27.9 Å². The van der Waals surface area contributed by atoms with Crippen LogP contribution in [0.3, 0.4) is 0 Å². The zero-order chi connectivity index (χ0) is 18.6. The Bertz CT molecular complexity index is 647. The third-order valence-electron chi connectivity index (χ3n) is 3.69. The third-order valence-corrected chi connectivity index (χ3v) is 4.22. The highest BCUT2D eigenvalue weighted by Gasteiger charge is 2.40. The summed E-state index contributed by atoms with van der Waals surface area (Å²) in [6, 6.07) is 3.99. The van der Waals surface area contributed by atoms with Crippen molar-refractivity contribution in [2.24, 2.45) is 0 Å². The van der Waals surface area contributed by atoms with E-state index in [1.54, 1.807) is 6.07 Å². The van der Waals surface area contributed by atoms with Crippen LogP contribution in [-0.4, -0.2) is 48.6 Å². The Kier molecular flexibility index (Phi) is 6.40. The van der Waals surface area contributed by atoms with Crippen LogP contribution in [0.25, 0.3) is 0 Å². The van der Waals surface area contributed by atoms with Crippen LogP contribution in [0.15, 0.2) is 18.2 Å². The molecule has 0 atom stereocenters. The molecule has 1 N–H and O–H groups in total. The number of benzene rings is 1. The molecule has 25 heavy (non-hydrogen) atoms. The summed E-state index contributed by atoms with van der Waals surface area (Å²) in [5.74, 6) is -1.96. The van der Waals surface area contributed by atoms with Gasteiger partial charge in [0.05, 0.1) is 5.02 Å². The van der Waals surface area contributed by atoms with Crippen molar-refractivity contribution < 1.29 is 27.5 Å². The lowest BCUT2D eigenvalue weighted by Gasteiger charge is -2.32. The number of hydrogen-bond donors (Lipinski definition) is 1. The van der Waals surface area contributed by atoms with Crippen molar-refractivity contribution in [1.29, 1.82) is 0 Å². The third kappa shape index (κ3) is 5.67. The smallest absolute Gasteiger partial charge is 0.471 e. The number of nitrogens with one attached hydrogen (secondary N) is 1. The van der Waals surface area contributed by atoms with Gasteiger partial charge in [-0.1, -0.05) is 23.2 Å². The predicted molar refractivity (Wildman–Crippen MR) is 85.8 cm³/mol. The lowest BCUT2D eigenvalue weighted by molar-refractivity contribution is -0.174. The summed E-state index contributed by atoms with van der Waals surface area (Å²) in [4.78, 5) is 24.5. The van der Waals surface area contributed by atoms with Gasteiger partial charge in [-0.05, 0) is 31.0 Å². The summed E-state index contributed by atoms with van der Waals surface area (Å²) >= 11 is 11.7. The second-order valence-electron chi connectivity index (χ2n) is 5.49. The number of hydrogen-bond acceptors (Lipinski definition) is 3. The number of ether oxygens (including phenoxy) is 1. The van der Waals surface area contributed by atoms with E-state index < -0.39 is 18.1 Å². The number of halogens is 5. The summed E-state index contributed by atoms with van der Waals surface area (Å²) < 4.78 is 42.0. The van der Waals surface area contributed by atoms with Crippen molar-refractivity contribution in [1.82, 2.24) is 10.2 Å². The lowest BCUT2D eigenvalue weighted by atomic mass is 10.0. The van der Waals surface area contributed by atoms with Gasteiger partial charge in [0.1, 0.15) is 5.75 Å². The van der Waals surface area contributed by atoms with Gasteiger partial charge in [-0.2, -0.15) is 13.2 Å². The molecule has 0 unspecified atom stereocenters. The van der Waals surface area contributed by atoms with Crippen LogP contribution in [-0.2, 0) is 9.59 Å². The molecule has 1 aromatic carbocycles. The molecular formula is C15H15Cl2F3N2O3. The normalized spacial score (nSPS) is 15.8. The van der Waals surface area contributed by atoms with E-state index in [1.807, 2.05) is 5.32 Å². The molecule has 0 spiro atoms. The first kappa shape index (κ1) is 19.7. The molecule has 0 radical (unpaired) electrons. The van der Waals surface area contributed by atoms with Crippen molar-refractivity contribution in [2.75, 3.05) is 19.7 Å². The Morgan fingerprint density at radius 2 is 1.88 bits per heavy atom. The fourth-order valence-electron chi connectivity index (χ4n) is 2.36. The highest BCUT2D eigenvalue weighted by molar-refractivity contribution is 6.35. The zero-order valence-electron chi connectivity index (χ0n) is 12.9. The van der Waals surface area contributed by atoms with Gasteiger partial charge < -0.3 is 15.0 Å². The SMILES string of the molecule is O=C(COc1ccc(Cl)cc1Cl)N1CCC(NC(=O)C(F)(F)F)CC1. The van der Waals surface area contributed by atoms with E-state index in [1.165, 1.54) is 17.0 Å². The number of nitrogens with zero attached hydrogens (tertiary/aromatic N) is 1. The summed E-state index contributed by atoms with van der Waals surface area (Å²) in [5.41, 5.74) is 0. The Balaban J connectivity index is 1.78. The molecule has 0 saturated carbocycles. The van der Waals surface area contributed by atoms with Crippen molar-refractivity contribution in [2.45, 2.75) is 25.1 Å². The van der Waals surface area contributed by atoms with E-state index >= 15 is 0 Å². The molecule has 1 heterocycles. The van der Waals surface area contributed by atoms with Gasteiger partial charge >= 0.3 is 12.1 Å². The summed E-state index contributed by atoms with van der Waals surface area (Å²) in [6.45, 7) is 0.222. The van der Waals surface area contributed by atoms with Crippen molar-refractivity contribution in [3.05, 3.63) is 28.2 Å². The maximum absolute atomic E-state index is 12.2. The predicted octanol–water partition coefficient (Wildman–Crippen LogP) is 3.04. The first-order valence-corrected chi connectivity index (χ1v) is 8.15. The average Bonchev–Trinajstić information content (AvgIpc) is 2.53. The van der Waals surface area contributed by atoms with E-state index in [0.717, 1.165) is 0 Å². The van der Waals surface area contributed by atoms with Crippen LogP contribution in [0.1, 0.15) is 12.8 Å². The quantitative estimate of drug-likeness (QED) is 0.847. The molecule has 0 aliphatic carbocycles. The fourth-order valence-corrected chi connectivity index (χ4v) is 2.83. The molecule has 1 aromatic rings. The van der Waals surface area contributed by atoms with Gasteiger partial charge in [0, 0.05) is 24.2 Å². The van der Waals surface area contributed by atoms with Gasteiger partial charge in [0.15, 0.2) is 6.61 Å². The van der Waals surface area contributed by atoms with E-state index in [9.17, 15) is 22.8 Å². The summed E-state index contributed by atoms with van der Waals surface area (Å²) in [7, 11) is 0. The Hall–Kier alpha value is -1.67. The van der Waals surface area contributed by atoms with Crippen LogP contribution in [0.2, 0.25) is 10.0 Å². The average molecular weight is 399 g/mol. The molecule has 2 amide bonds. The second-order valence-corrected chi connectivity index (χ2v) is 6.33. The highest BCUT2D eigenvalue weighted by Crippen LogP contribution is 2.27. The molecule has 1 aliphatic heterocycles. The maximum atomic E-state index is 12.2. The fraction of sp³-hybridized carbons (Fsp3) is 0.467. The van der Waals surface area contributed by atoms with Gasteiger partial charge in [-0.25, -0.2) is 0 Å². The minimum atomic E-state index is -4.90. The standard InChI is InChI=1S/C15H15Cl2F3N2O3/c16-9-1-2-12(11(17)7-9)25-8-13(23)22-5-3-10(4-6-22)21-14(24)15(18,19)20/h1-2,7,10H,3-6,8H2,(H,21,24). The number of piperidine rings is 1. The molecule has 0 bridgehead atoms. The number of likely N-dealkylation sites (tertiary alicyclic amines) is 1. The van der Waals surface area contributed by atoms with Crippen LogP contribution in [0, 0.1) is 0 Å². The minimum Gasteiger partial charge on any atom is -0.482 e. The minimum absolute atomic E-state index is 0.235. The van der Waals surface area contributed by atoms with Gasteiger partial charge in [-0.15, -0.1) is 0 Å². The van der Waals surface area contributed by atoms with Crippen LogP contribution >= 0.6 is 23.2 Å². The summed E-state index contributed by atoms with van der Waals surface area (Å²) in [5, 5.41) is 2.63. The Labute approximate surface area is 152 Å². The second kappa shape index (κ2) is 8.14. The van der Waals surface area contributed by atoms with E-state index in [2.05, 4.69) is 0 Å². The summed E-state index contributed by atoms with van der Waals surface area (Å²) in [6.07, 6.45) is -4.41. The molecule has 1 saturated heterocycles. The van der Waals surface area contributed by atoms with E-state index in [0.29, 0.717) is 10.8 Å². The Morgan fingerprint density at radius 3 is 2.44 bits per heavy atom. The monoisotopic (exact) mass is 398 g/mol. The topological polar surface area (TPSA) is 58.6 Å². The van der Waals surface area contributed by atoms with Crippen molar-refractivity contribution in [3.63, 3.8) is 0 Å². The molecule has 5 nitrogen and oxygen atoms in total.